The molecule has 0 N–H and O–H groups in total. The van der Waals surface area contributed by atoms with E-state index in [-0.39, 0.29) is 6.17 Å². The second kappa shape index (κ2) is 14.6. The lowest BCUT2D eigenvalue weighted by Gasteiger charge is -2.34. The Balaban J connectivity index is 2.04. The lowest BCUT2D eigenvalue weighted by atomic mass is 10.1. The van der Waals surface area contributed by atoms with Gasteiger partial charge in [-0.25, -0.2) is 4.68 Å². The summed E-state index contributed by atoms with van der Waals surface area (Å²) in [7, 11) is 0. The van der Waals surface area contributed by atoms with Crippen LogP contribution in [0.25, 0.3) is 11.0 Å². The monoisotopic (exact) mass is 414 g/mol. The van der Waals surface area contributed by atoms with Gasteiger partial charge in [-0.1, -0.05) is 109 Å². The Kier molecular flexibility index (Phi) is 12.1. The Bertz CT molecular complexity index is 662. The van der Waals surface area contributed by atoms with Crippen molar-refractivity contribution in [3.63, 3.8) is 0 Å². The molecule has 0 bridgehead atoms. The van der Waals surface area contributed by atoms with Crippen LogP contribution in [0.4, 0.5) is 0 Å². The minimum absolute atomic E-state index is 0.281. The van der Waals surface area contributed by atoms with Crippen molar-refractivity contribution in [2.75, 3.05) is 13.1 Å². The van der Waals surface area contributed by atoms with Gasteiger partial charge in [0.1, 0.15) is 11.7 Å². The van der Waals surface area contributed by atoms with Crippen molar-refractivity contribution in [1.29, 1.82) is 0 Å². The molecule has 1 heterocycles. The number of aromatic nitrogens is 3. The number of hydrogen-bond donors (Lipinski definition) is 0. The van der Waals surface area contributed by atoms with Crippen LogP contribution in [-0.4, -0.2) is 33.0 Å². The largest absolute Gasteiger partial charge is 0.282 e. The van der Waals surface area contributed by atoms with Gasteiger partial charge in [0, 0.05) is 13.1 Å². The van der Waals surface area contributed by atoms with Crippen LogP contribution >= 0.6 is 0 Å². The number of nitrogens with zero attached hydrogens (tertiary/aromatic N) is 4. The molecule has 0 amide bonds. The van der Waals surface area contributed by atoms with E-state index in [2.05, 4.69) is 71.9 Å². The SMILES string of the molecule is CCCCCCCCN(CCCCCCCC)C(C(C)C)n1nnc2ccccc21. The van der Waals surface area contributed by atoms with Crippen LogP contribution in [0, 0.1) is 5.92 Å². The minimum atomic E-state index is 0.281. The summed E-state index contributed by atoms with van der Waals surface area (Å²) in [6.07, 6.45) is 16.4. The number of hydrogen-bond acceptors (Lipinski definition) is 3. The van der Waals surface area contributed by atoms with E-state index < -0.39 is 0 Å². The Hall–Kier alpha value is -1.42. The molecule has 0 fully saturated rings. The highest BCUT2D eigenvalue weighted by Gasteiger charge is 2.25. The maximum atomic E-state index is 4.60. The number of benzene rings is 1. The van der Waals surface area contributed by atoms with E-state index in [0.717, 1.165) is 24.1 Å². The van der Waals surface area contributed by atoms with Crippen molar-refractivity contribution in [1.82, 2.24) is 19.9 Å². The van der Waals surface area contributed by atoms with E-state index >= 15 is 0 Å². The maximum absolute atomic E-state index is 4.60. The summed E-state index contributed by atoms with van der Waals surface area (Å²) in [6, 6.07) is 8.39. The van der Waals surface area contributed by atoms with Crippen molar-refractivity contribution in [3.05, 3.63) is 24.3 Å². The molecule has 170 valence electrons. The summed E-state index contributed by atoms with van der Waals surface area (Å²) in [4.78, 5) is 2.70. The van der Waals surface area contributed by atoms with Crippen LogP contribution in [0.3, 0.4) is 0 Å². The zero-order valence-electron chi connectivity index (χ0n) is 20.2. The number of rotatable bonds is 17. The van der Waals surface area contributed by atoms with Gasteiger partial charge in [-0.15, -0.1) is 5.10 Å². The molecule has 1 aromatic heterocycles. The van der Waals surface area contributed by atoms with Gasteiger partial charge in [0.15, 0.2) is 0 Å². The quantitative estimate of drug-likeness (QED) is 0.250. The van der Waals surface area contributed by atoms with Crippen LogP contribution in [0.5, 0.6) is 0 Å². The molecule has 1 unspecified atom stereocenters. The number of para-hydroxylation sites is 1. The van der Waals surface area contributed by atoms with Gasteiger partial charge in [-0.2, -0.15) is 0 Å². The van der Waals surface area contributed by atoms with Gasteiger partial charge >= 0.3 is 0 Å². The fraction of sp³-hybridized carbons (Fsp3) is 0.769. The molecule has 1 aromatic carbocycles. The summed E-state index contributed by atoms with van der Waals surface area (Å²) in [5, 5.41) is 9.05. The van der Waals surface area contributed by atoms with Gasteiger partial charge in [-0.05, 0) is 30.9 Å². The highest BCUT2D eigenvalue weighted by molar-refractivity contribution is 5.73. The normalized spacial score (nSPS) is 13.0. The van der Waals surface area contributed by atoms with Crippen LogP contribution in [-0.2, 0) is 0 Å². The molecule has 30 heavy (non-hydrogen) atoms. The summed E-state index contributed by atoms with van der Waals surface area (Å²) >= 11 is 0. The van der Waals surface area contributed by atoms with E-state index in [1.165, 1.54) is 77.0 Å². The maximum Gasteiger partial charge on any atom is 0.113 e. The number of fused-ring (bicyclic) bond motifs is 1. The topological polar surface area (TPSA) is 34.0 Å². The Labute approximate surface area is 185 Å². The Morgan fingerprint density at radius 3 is 1.87 bits per heavy atom. The first-order valence-electron chi connectivity index (χ1n) is 12.7. The molecular formula is C26H46N4. The fourth-order valence-corrected chi connectivity index (χ4v) is 4.51. The first kappa shape index (κ1) is 24.8. The fourth-order valence-electron chi connectivity index (χ4n) is 4.51. The third-order valence-electron chi connectivity index (χ3n) is 6.20. The first-order valence-corrected chi connectivity index (χ1v) is 12.7. The highest BCUT2D eigenvalue weighted by Crippen LogP contribution is 2.27. The molecule has 0 saturated heterocycles. The van der Waals surface area contributed by atoms with Crippen LogP contribution in [0.1, 0.15) is 111 Å². The van der Waals surface area contributed by atoms with Gasteiger partial charge in [0.25, 0.3) is 0 Å². The third-order valence-corrected chi connectivity index (χ3v) is 6.20. The minimum Gasteiger partial charge on any atom is -0.282 e. The van der Waals surface area contributed by atoms with Crippen molar-refractivity contribution < 1.29 is 0 Å². The smallest absolute Gasteiger partial charge is 0.113 e. The van der Waals surface area contributed by atoms with Crippen LogP contribution < -0.4 is 0 Å². The van der Waals surface area contributed by atoms with Crippen molar-refractivity contribution >= 4 is 11.0 Å². The Morgan fingerprint density at radius 2 is 1.30 bits per heavy atom. The van der Waals surface area contributed by atoms with E-state index in [0.29, 0.717) is 5.92 Å². The average Bonchev–Trinajstić information content (AvgIpc) is 3.16. The van der Waals surface area contributed by atoms with Crippen molar-refractivity contribution in [3.8, 4) is 0 Å². The molecule has 2 aromatic rings. The second-order valence-corrected chi connectivity index (χ2v) is 9.25. The summed E-state index contributed by atoms with van der Waals surface area (Å²) < 4.78 is 2.19. The van der Waals surface area contributed by atoms with E-state index in [1.54, 1.807) is 0 Å². The lowest BCUT2D eigenvalue weighted by Crippen LogP contribution is -2.38. The summed E-state index contributed by atoms with van der Waals surface area (Å²) in [5.41, 5.74) is 2.16. The van der Waals surface area contributed by atoms with Crippen LogP contribution in [0.2, 0.25) is 0 Å². The van der Waals surface area contributed by atoms with Gasteiger partial charge < -0.3 is 0 Å². The molecular weight excluding hydrogens is 368 g/mol. The standard InChI is InChI=1S/C26H46N4/c1-5-7-9-11-13-17-21-29(22-18-14-12-10-8-6-2)26(23(3)4)30-25-20-16-15-19-24(25)27-28-30/h15-16,19-20,23,26H,5-14,17-18,21-22H2,1-4H3. The predicted octanol–water partition coefficient (Wildman–Crippen LogP) is 7.61. The molecule has 2 rings (SSSR count). The molecule has 0 spiro atoms. The molecule has 4 nitrogen and oxygen atoms in total. The second-order valence-electron chi connectivity index (χ2n) is 9.25. The predicted molar refractivity (Wildman–Crippen MR) is 130 cm³/mol. The average molecular weight is 415 g/mol. The zero-order chi connectivity index (χ0) is 21.6. The van der Waals surface area contributed by atoms with E-state index in [4.69, 9.17) is 0 Å². The van der Waals surface area contributed by atoms with E-state index in [9.17, 15) is 0 Å². The third kappa shape index (κ3) is 8.02. The molecule has 1 atom stereocenters. The zero-order valence-corrected chi connectivity index (χ0v) is 20.2. The highest BCUT2D eigenvalue weighted by atomic mass is 15.5. The molecule has 4 heteroatoms. The van der Waals surface area contributed by atoms with Gasteiger partial charge in [0.2, 0.25) is 0 Å². The Morgan fingerprint density at radius 1 is 0.767 bits per heavy atom. The molecule has 0 saturated carbocycles. The summed E-state index contributed by atoms with van der Waals surface area (Å²) in [5.74, 6) is 0.496. The van der Waals surface area contributed by atoms with Gasteiger partial charge in [0.05, 0.1) is 5.52 Å². The molecule has 0 aliphatic carbocycles. The number of unbranched alkanes of at least 4 members (excludes halogenated alkanes) is 10. The van der Waals surface area contributed by atoms with E-state index in [1.807, 2.05) is 0 Å². The summed E-state index contributed by atoms with van der Waals surface area (Å²) in [6.45, 7) is 11.6. The van der Waals surface area contributed by atoms with Crippen molar-refractivity contribution in [2.45, 2.75) is 111 Å². The molecule has 0 aliphatic rings. The molecule has 0 aliphatic heterocycles. The lowest BCUT2D eigenvalue weighted by molar-refractivity contribution is 0.0831. The first-order chi connectivity index (χ1) is 14.7. The molecule has 0 radical (unpaired) electrons. The van der Waals surface area contributed by atoms with Crippen molar-refractivity contribution in [2.24, 2.45) is 5.92 Å². The van der Waals surface area contributed by atoms with Gasteiger partial charge in [-0.3, -0.25) is 4.90 Å². The van der Waals surface area contributed by atoms with Crippen LogP contribution in [0.15, 0.2) is 24.3 Å².